The van der Waals surface area contributed by atoms with Gasteiger partial charge in [0.25, 0.3) is 0 Å². The summed E-state index contributed by atoms with van der Waals surface area (Å²) < 4.78 is 2.04. The van der Waals surface area contributed by atoms with E-state index >= 15 is 0 Å². The molecule has 1 heterocycles. The van der Waals surface area contributed by atoms with Crippen molar-refractivity contribution >= 4 is 11.5 Å². The van der Waals surface area contributed by atoms with E-state index in [0.29, 0.717) is 28.2 Å². The fraction of sp³-hybridized carbons (Fsp3) is 0.421. The van der Waals surface area contributed by atoms with Crippen molar-refractivity contribution in [2.45, 2.75) is 52.5 Å². The Morgan fingerprint density at radius 1 is 1.25 bits per heavy atom. The molecule has 24 heavy (non-hydrogen) atoms. The van der Waals surface area contributed by atoms with E-state index < -0.39 is 0 Å². The first-order valence-corrected chi connectivity index (χ1v) is 8.60. The van der Waals surface area contributed by atoms with Gasteiger partial charge in [-0.3, -0.25) is 4.79 Å². The lowest BCUT2D eigenvalue weighted by molar-refractivity contribution is 0.102. The molecule has 1 atom stereocenters. The predicted molar refractivity (Wildman–Crippen MR) is 93.1 cm³/mol. The maximum atomic E-state index is 13.1. The van der Waals surface area contributed by atoms with Gasteiger partial charge in [0.1, 0.15) is 22.9 Å². The third kappa shape index (κ3) is 2.44. The summed E-state index contributed by atoms with van der Waals surface area (Å²) in [5.41, 5.74) is 2.68. The SMILES string of the molecule is CCCCn1c(C(C)CC)nc2c1C(=O)c1ccccc1C2=NO. The second-order valence-corrected chi connectivity index (χ2v) is 6.31. The van der Waals surface area contributed by atoms with Crippen LogP contribution in [0.5, 0.6) is 0 Å². The van der Waals surface area contributed by atoms with Crippen LogP contribution in [0, 0.1) is 0 Å². The van der Waals surface area contributed by atoms with Gasteiger partial charge in [0.15, 0.2) is 0 Å². The van der Waals surface area contributed by atoms with Crippen molar-refractivity contribution in [2.24, 2.45) is 5.16 Å². The highest BCUT2D eigenvalue weighted by atomic mass is 16.4. The molecular formula is C19H23N3O2. The Labute approximate surface area is 142 Å². The van der Waals surface area contributed by atoms with E-state index in [4.69, 9.17) is 4.98 Å². The van der Waals surface area contributed by atoms with Gasteiger partial charge in [0, 0.05) is 23.6 Å². The Balaban J connectivity index is 2.25. The van der Waals surface area contributed by atoms with Gasteiger partial charge in [-0.2, -0.15) is 0 Å². The fourth-order valence-corrected chi connectivity index (χ4v) is 3.21. The number of fused-ring (bicyclic) bond motifs is 2. The first kappa shape index (κ1) is 16.4. The van der Waals surface area contributed by atoms with E-state index in [1.54, 1.807) is 12.1 Å². The Bertz CT molecular complexity index is 805. The average molecular weight is 325 g/mol. The normalized spacial score (nSPS) is 16.1. The van der Waals surface area contributed by atoms with Gasteiger partial charge >= 0.3 is 0 Å². The van der Waals surface area contributed by atoms with Crippen LogP contribution in [0.15, 0.2) is 29.4 Å². The second kappa shape index (κ2) is 6.59. The second-order valence-electron chi connectivity index (χ2n) is 6.31. The Morgan fingerprint density at radius 3 is 2.58 bits per heavy atom. The highest BCUT2D eigenvalue weighted by Crippen LogP contribution is 2.31. The lowest BCUT2D eigenvalue weighted by Crippen LogP contribution is -2.24. The molecule has 0 saturated heterocycles. The molecule has 5 heteroatoms. The van der Waals surface area contributed by atoms with E-state index in [1.807, 2.05) is 16.7 Å². The van der Waals surface area contributed by atoms with Crippen LogP contribution in [0.25, 0.3) is 0 Å². The number of rotatable bonds is 5. The van der Waals surface area contributed by atoms with Gasteiger partial charge in [-0.15, -0.1) is 0 Å². The van der Waals surface area contributed by atoms with Crippen molar-refractivity contribution in [2.75, 3.05) is 0 Å². The zero-order valence-corrected chi connectivity index (χ0v) is 14.4. The number of carbonyl (C=O) groups excluding carboxylic acids is 1. The maximum Gasteiger partial charge on any atom is 0.212 e. The van der Waals surface area contributed by atoms with Crippen LogP contribution in [0.2, 0.25) is 0 Å². The first-order chi connectivity index (χ1) is 11.6. The molecule has 0 spiro atoms. The molecule has 2 aromatic rings. The quantitative estimate of drug-likeness (QED) is 0.570. The molecule has 126 valence electrons. The van der Waals surface area contributed by atoms with Gasteiger partial charge < -0.3 is 9.77 Å². The number of ketones is 1. The van der Waals surface area contributed by atoms with Crippen LogP contribution in [0.3, 0.4) is 0 Å². The number of unbranched alkanes of at least 4 members (excludes halogenated alkanes) is 1. The van der Waals surface area contributed by atoms with E-state index in [2.05, 4.69) is 25.9 Å². The number of nitrogens with zero attached hydrogens (tertiary/aromatic N) is 3. The summed E-state index contributed by atoms with van der Waals surface area (Å²) in [6.07, 6.45) is 2.96. The summed E-state index contributed by atoms with van der Waals surface area (Å²) in [7, 11) is 0. The van der Waals surface area contributed by atoms with Crippen molar-refractivity contribution in [3.05, 3.63) is 52.6 Å². The first-order valence-electron chi connectivity index (χ1n) is 8.60. The van der Waals surface area contributed by atoms with Crippen LogP contribution in [0.4, 0.5) is 0 Å². The minimum Gasteiger partial charge on any atom is -0.410 e. The molecule has 0 fully saturated rings. The highest BCUT2D eigenvalue weighted by molar-refractivity contribution is 6.28. The minimum atomic E-state index is -0.0360. The summed E-state index contributed by atoms with van der Waals surface area (Å²) in [6, 6.07) is 7.26. The third-order valence-electron chi connectivity index (χ3n) is 4.75. The number of carbonyl (C=O) groups is 1. The number of benzene rings is 1. The lowest BCUT2D eigenvalue weighted by Gasteiger charge is -2.18. The van der Waals surface area contributed by atoms with Crippen LogP contribution in [-0.2, 0) is 6.54 Å². The molecule has 0 aliphatic heterocycles. The van der Waals surface area contributed by atoms with Crippen LogP contribution in [-0.4, -0.2) is 26.3 Å². The topological polar surface area (TPSA) is 67.5 Å². The molecule has 3 rings (SSSR count). The number of aromatic nitrogens is 2. The van der Waals surface area contributed by atoms with E-state index in [-0.39, 0.29) is 11.7 Å². The molecule has 1 aromatic heterocycles. The zero-order chi connectivity index (χ0) is 17.3. The minimum absolute atomic E-state index is 0.0360. The molecule has 1 aliphatic rings. The standard InChI is InChI=1S/C19H23N3O2/c1-4-6-11-22-17-16(20-19(22)12(3)5-2)15(21-24)13-9-7-8-10-14(13)18(17)23/h7-10,12,24H,4-6,11H2,1-3H3. The molecule has 1 N–H and O–H groups in total. The van der Waals surface area contributed by atoms with Crippen molar-refractivity contribution in [1.29, 1.82) is 0 Å². The lowest BCUT2D eigenvalue weighted by atomic mass is 9.89. The third-order valence-corrected chi connectivity index (χ3v) is 4.75. The van der Waals surface area contributed by atoms with Crippen LogP contribution >= 0.6 is 0 Å². The monoisotopic (exact) mass is 325 g/mol. The van der Waals surface area contributed by atoms with Gasteiger partial charge in [-0.25, -0.2) is 4.98 Å². The predicted octanol–water partition coefficient (Wildman–Crippen LogP) is 3.97. The maximum absolute atomic E-state index is 13.1. The van der Waals surface area contributed by atoms with Gasteiger partial charge in [-0.05, 0) is 12.8 Å². The van der Waals surface area contributed by atoms with Gasteiger partial charge in [0.05, 0.1) is 0 Å². The zero-order valence-electron chi connectivity index (χ0n) is 14.4. The molecule has 5 nitrogen and oxygen atoms in total. The van der Waals surface area contributed by atoms with E-state index in [1.165, 1.54) is 0 Å². The van der Waals surface area contributed by atoms with E-state index in [9.17, 15) is 10.0 Å². The molecule has 0 radical (unpaired) electrons. The number of oxime groups is 1. The highest BCUT2D eigenvalue weighted by Gasteiger charge is 2.35. The molecular weight excluding hydrogens is 302 g/mol. The molecule has 0 bridgehead atoms. The summed E-state index contributed by atoms with van der Waals surface area (Å²) in [4.78, 5) is 17.8. The smallest absolute Gasteiger partial charge is 0.212 e. The number of hydrogen-bond donors (Lipinski definition) is 1. The van der Waals surface area contributed by atoms with Crippen molar-refractivity contribution in [3.8, 4) is 0 Å². The molecule has 1 unspecified atom stereocenters. The van der Waals surface area contributed by atoms with E-state index in [0.717, 1.165) is 31.6 Å². The summed E-state index contributed by atoms with van der Waals surface area (Å²) in [5.74, 6) is 1.10. The van der Waals surface area contributed by atoms with Gasteiger partial charge in [0.2, 0.25) is 5.78 Å². The largest absolute Gasteiger partial charge is 0.410 e. The van der Waals surface area contributed by atoms with Crippen LogP contribution in [0.1, 0.15) is 79.1 Å². The van der Waals surface area contributed by atoms with Gasteiger partial charge in [-0.1, -0.05) is 56.6 Å². The molecule has 1 aliphatic carbocycles. The summed E-state index contributed by atoms with van der Waals surface area (Å²) in [6.45, 7) is 7.11. The summed E-state index contributed by atoms with van der Waals surface area (Å²) >= 11 is 0. The van der Waals surface area contributed by atoms with Crippen molar-refractivity contribution in [3.63, 3.8) is 0 Å². The van der Waals surface area contributed by atoms with Crippen molar-refractivity contribution < 1.29 is 10.0 Å². The Kier molecular flexibility index (Phi) is 4.51. The molecule has 0 saturated carbocycles. The summed E-state index contributed by atoms with van der Waals surface area (Å²) in [5, 5.41) is 13.0. The average Bonchev–Trinajstić information content (AvgIpc) is 2.99. The number of hydrogen-bond acceptors (Lipinski definition) is 4. The fourth-order valence-electron chi connectivity index (χ4n) is 3.21. The van der Waals surface area contributed by atoms with Crippen LogP contribution < -0.4 is 0 Å². The number of imidazole rings is 1. The molecule has 0 amide bonds. The Morgan fingerprint density at radius 2 is 1.96 bits per heavy atom. The Hall–Kier alpha value is -2.43. The molecule has 1 aromatic carbocycles. The van der Waals surface area contributed by atoms with Crippen molar-refractivity contribution in [1.82, 2.24) is 9.55 Å².